The van der Waals surface area contributed by atoms with Crippen molar-refractivity contribution in [3.8, 4) is 0 Å². The molecule has 0 aromatic rings. The van der Waals surface area contributed by atoms with Crippen molar-refractivity contribution < 1.29 is 19.5 Å². The highest BCUT2D eigenvalue weighted by Crippen LogP contribution is 1.93. The molecule has 0 saturated carbocycles. The molecule has 0 aromatic heterocycles. The Labute approximate surface area is 119 Å². The largest absolute Gasteiger partial charge is 0.481 e. The van der Waals surface area contributed by atoms with Gasteiger partial charge in [-0.2, -0.15) is 0 Å². The number of amides is 3. The Balaban J connectivity index is 3.44. The van der Waals surface area contributed by atoms with Gasteiger partial charge < -0.3 is 21.1 Å². The third-order valence-corrected chi connectivity index (χ3v) is 2.45. The Morgan fingerprint density at radius 1 is 0.950 bits per heavy atom. The quantitative estimate of drug-likeness (QED) is 0.444. The highest BCUT2D eigenvalue weighted by atomic mass is 16.4. The van der Waals surface area contributed by atoms with E-state index in [0.717, 1.165) is 0 Å². The Morgan fingerprint density at radius 3 is 2.20 bits per heavy atom. The first-order valence-corrected chi connectivity index (χ1v) is 6.92. The van der Waals surface area contributed by atoms with E-state index in [0.29, 0.717) is 31.8 Å². The van der Waals surface area contributed by atoms with Crippen molar-refractivity contribution in [2.24, 2.45) is 5.92 Å². The minimum atomic E-state index is -0.832. The van der Waals surface area contributed by atoms with Gasteiger partial charge in [0, 0.05) is 32.5 Å². The van der Waals surface area contributed by atoms with Crippen LogP contribution in [0.15, 0.2) is 0 Å². The van der Waals surface area contributed by atoms with Crippen molar-refractivity contribution in [1.82, 2.24) is 16.0 Å². The standard InChI is InChI=1S/C13H25N3O4/c1-10(2)9-16-11(17)6-8-15-13(20)14-7-4-3-5-12(18)19/h10H,3-9H2,1-2H3,(H,16,17)(H,18,19)(H2,14,15,20). The van der Waals surface area contributed by atoms with Crippen molar-refractivity contribution in [3.63, 3.8) is 0 Å². The van der Waals surface area contributed by atoms with Crippen molar-refractivity contribution in [3.05, 3.63) is 0 Å². The summed E-state index contributed by atoms with van der Waals surface area (Å²) >= 11 is 0. The lowest BCUT2D eigenvalue weighted by Crippen LogP contribution is -2.38. The molecule has 4 N–H and O–H groups in total. The second kappa shape index (κ2) is 11.1. The zero-order valence-electron chi connectivity index (χ0n) is 12.2. The number of nitrogens with one attached hydrogen (secondary N) is 3. The molecule has 0 unspecified atom stereocenters. The van der Waals surface area contributed by atoms with Gasteiger partial charge in [0.05, 0.1) is 0 Å². The molecule has 0 rings (SSSR count). The van der Waals surface area contributed by atoms with E-state index in [1.807, 2.05) is 13.8 Å². The van der Waals surface area contributed by atoms with Crippen LogP contribution in [0.4, 0.5) is 4.79 Å². The first kappa shape index (κ1) is 18.2. The highest BCUT2D eigenvalue weighted by Gasteiger charge is 2.04. The van der Waals surface area contributed by atoms with Crippen LogP contribution in [0.3, 0.4) is 0 Å². The molecule has 0 radical (unpaired) electrons. The average molecular weight is 287 g/mol. The molecule has 116 valence electrons. The molecule has 3 amide bonds. The topological polar surface area (TPSA) is 108 Å². The number of aliphatic carboxylic acids is 1. The van der Waals surface area contributed by atoms with Crippen LogP contribution in [0.2, 0.25) is 0 Å². The summed E-state index contributed by atoms with van der Waals surface area (Å²) in [6.07, 6.45) is 1.51. The van der Waals surface area contributed by atoms with Crippen LogP contribution in [-0.2, 0) is 9.59 Å². The van der Waals surface area contributed by atoms with Gasteiger partial charge in [-0.3, -0.25) is 9.59 Å². The van der Waals surface area contributed by atoms with E-state index in [4.69, 9.17) is 5.11 Å². The molecule has 7 nitrogen and oxygen atoms in total. The molecule has 0 aliphatic carbocycles. The van der Waals surface area contributed by atoms with Gasteiger partial charge in [-0.25, -0.2) is 4.79 Å². The minimum absolute atomic E-state index is 0.0829. The van der Waals surface area contributed by atoms with Gasteiger partial charge in [0.25, 0.3) is 0 Å². The number of unbranched alkanes of at least 4 members (excludes halogenated alkanes) is 1. The molecule has 7 heteroatoms. The Kier molecular flexibility index (Phi) is 10.1. The fraction of sp³-hybridized carbons (Fsp3) is 0.769. The van der Waals surface area contributed by atoms with Crippen molar-refractivity contribution in [2.75, 3.05) is 19.6 Å². The number of urea groups is 1. The molecule has 0 saturated heterocycles. The summed E-state index contributed by atoms with van der Waals surface area (Å²) in [6, 6.07) is -0.336. The molecule has 0 fully saturated rings. The fourth-order valence-corrected chi connectivity index (χ4v) is 1.36. The van der Waals surface area contributed by atoms with Crippen LogP contribution < -0.4 is 16.0 Å². The Morgan fingerprint density at radius 2 is 1.60 bits per heavy atom. The van der Waals surface area contributed by atoms with Gasteiger partial charge >= 0.3 is 12.0 Å². The SMILES string of the molecule is CC(C)CNC(=O)CCNC(=O)NCCCCC(=O)O. The molecule has 0 aliphatic rings. The van der Waals surface area contributed by atoms with Gasteiger partial charge in [-0.05, 0) is 18.8 Å². The molecule has 20 heavy (non-hydrogen) atoms. The summed E-state index contributed by atoms with van der Waals surface area (Å²) in [5.41, 5.74) is 0. The van der Waals surface area contributed by atoms with E-state index >= 15 is 0 Å². The van der Waals surface area contributed by atoms with Gasteiger partial charge in [0.1, 0.15) is 0 Å². The third kappa shape index (κ3) is 12.7. The number of hydrogen-bond donors (Lipinski definition) is 4. The van der Waals surface area contributed by atoms with E-state index in [2.05, 4.69) is 16.0 Å². The molecular formula is C13H25N3O4. The molecule has 0 atom stereocenters. The molecule has 0 aliphatic heterocycles. The lowest BCUT2D eigenvalue weighted by molar-refractivity contribution is -0.137. The van der Waals surface area contributed by atoms with E-state index < -0.39 is 5.97 Å². The number of carboxylic acids is 1. The van der Waals surface area contributed by atoms with Crippen LogP contribution in [-0.4, -0.2) is 42.6 Å². The highest BCUT2D eigenvalue weighted by molar-refractivity contribution is 5.78. The van der Waals surface area contributed by atoms with Crippen LogP contribution in [0.25, 0.3) is 0 Å². The van der Waals surface area contributed by atoms with E-state index in [1.54, 1.807) is 0 Å². The van der Waals surface area contributed by atoms with Crippen molar-refractivity contribution in [2.45, 2.75) is 39.5 Å². The van der Waals surface area contributed by atoms with E-state index in [-0.39, 0.29) is 31.3 Å². The van der Waals surface area contributed by atoms with Gasteiger partial charge in [-0.15, -0.1) is 0 Å². The molecule has 0 heterocycles. The number of carboxylic acid groups (broad SMARTS) is 1. The first-order valence-electron chi connectivity index (χ1n) is 6.92. The van der Waals surface area contributed by atoms with Crippen molar-refractivity contribution in [1.29, 1.82) is 0 Å². The van der Waals surface area contributed by atoms with Gasteiger partial charge in [0.15, 0.2) is 0 Å². The molecule has 0 spiro atoms. The minimum Gasteiger partial charge on any atom is -0.481 e. The summed E-state index contributed by atoms with van der Waals surface area (Å²) in [6.45, 7) is 5.37. The zero-order chi connectivity index (χ0) is 15.4. The van der Waals surface area contributed by atoms with Gasteiger partial charge in [0.2, 0.25) is 5.91 Å². The summed E-state index contributed by atoms with van der Waals surface area (Å²) in [7, 11) is 0. The maximum Gasteiger partial charge on any atom is 0.314 e. The van der Waals surface area contributed by atoms with Crippen LogP contribution in [0.5, 0.6) is 0 Å². The second-order valence-corrected chi connectivity index (χ2v) is 4.98. The van der Waals surface area contributed by atoms with Crippen molar-refractivity contribution >= 4 is 17.9 Å². The van der Waals surface area contributed by atoms with Crippen LogP contribution in [0.1, 0.15) is 39.5 Å². The predicted molar refractivity (Wildman–Crippen MR) is 75.4 cm³/mol. The number of carbonyl (C=O) groups excluding carboxylic acids is 2. The third-order valence-electron chi connectivity index (χ3n) is 2.45. The summed E-state index contributed by atoms with van der Waals surface area (Å²) in [4.78, 5) is 32.9. The maximum absolute atomic E-state index is 11.4. The molecular weight excluding hydrogens is 262 g/mol. The zero-order valence-corrected chi connectivity index (χ0v) is 12.2. The number of rotatable bonds is 10. The lowest BCUT2D eigenvalue weighted by atomic mass is 10.2. The number of carbonyl (C=O) groups is 3. The second-order valence-electron chi connectivity index (χ2n) is 4.98. The molecule has 0 bridgehead atoms. The monoisotopic (exact) mass is 287 g/mol. The van der Waals surface area contributed by atoms with Crippen LogP contribution in [0, 0.1) is 5.92 Å². The summed E-state index contributed by atoms with van der Waals surface area (Å²) in [5.74, 6) is -0.511. The predicted octanol–water partition coefficient (Wildman–Crippen LogP) is 0.703. The molecule has 0 aromatic carbocycles. The van der Waals surface area contributed by atoms with Crippen LogP contribution >= 0.6 is 0 Å². The number of hydrogen-bond acceptors (Lipinski definition) is 3. The normalized spacial score (nSPS) is 10.2. The summed E-state index contributed by atoms with van der Waals surface area (Å²) < 4.78 is 0. The summed E-state index contributed by atoms with van der Waals surface area (Å²) in [5, 5.41) is 16.4. The van der Waals surface area contributed by atoms with E-state index in [9.17, 15) is 14.4 Å². The maximum atomic E-state index is 11.4. The van der Waals surface area contributed by atoms with Gasteiger partial charge in [-0.1, -0.05) is 13.8 Å². The Hall–Kier alpha value is -1.79. The fourth-order valence-electron chi connectivity index (χ4n) is 1.36. The lowest BCUT2D eigenvalue weighted by Gasteiger charge is -2.09. The van der Waals surface area contributed by atoms with E-state index in [1.165, 1.54) is 0 Å². The first-order chi connectivity index (χ1) is 9.41. The average Bonchev–Trinajstić information content (AvgIpc) is 2.35. The Bertz CT molecular complexity index is 319. The smallest absolute Gasteiger partial charge is 0.314 e.